The number of benzene rings is 2. The molecule has 0 aliphatic carbocycles. The van der Waals surface area contributed by atoms with Crippen LogP contribution in [0.2, 0.25) is 0 Å². The number of hydrogen-bond acceptors (Lipinski definition) is 4. The molecule has 0 radical (unpaired) electrons. The lowest BCUT2D eigenvalue weighted by Gasteiger charge is -2.21. The number of carbonyl (C=O) groups excluding carboxylic acids is 1. The van der Waals surface area contributed by atoms with Gasteiger partial charge in [-0.25, -0.2) is 0 Å². The average molecular weight is 371 g/mol. The SMILES string of the molecule is COc1cccc(NC(C(=O)c2c[nH]c3ccccc23)c2cccnc2C)c1. The van der Waals surface area contributed by atoms with Crippen molar-refractivity contribution in [2.75, 3.05) is 12.4 Å². The monoisotopic (exact) mass is 371 g/mol. The first-order valence-electron chi connectivity index (χ1n) is 9.10. The molecule has 0 bridgehead atoms. The lowest BCUT2D eigenvalue weighted by Crippen LogP contribution is -2.22. The van der Waals surface area contributed by atoms with Crippen molar-refractivity contribution in [2.24, 2.45) is 0 Å². The fourth-order valence-electron chi connectivity index (χ4n) is 3.40. The van der Waals surface area contributed by atoms with Gasteiger partial charge >= 0.3 is 0 Å². The molecule has 0 saturated carbocycles. The van der Waals surface area contributed by atoms with Crippen LogP contribution in [-0.4, -0.2) is 22.9 Å². The molecule has 0 spiro atoms. The Morgan fingerprint density at radius 2 is 1.96 bits per heavy atom. The van der Waals surface area contributed by atoms with Crippen molar-refractivity contribution in [1.29, 1.82) is 0 Å². The minimum absolute atomic E-state index is 0.0173. The molecule has 1 unspecified atom stereocenters. The minimum atomic E-state index is -0.569. The third-order valence-corrected chi connectivity index (χ3v) is 4.86. The van der Waals surface area contributed by atoms with Crippen molar-refractivity contribution < 1.29 is 9.53 Å². The zero-order valence-electron chi connectivity index (χ0n) is 15.8. The van der Waals surface area contributed by atoms with Crippen molar-refractivity contribution in [3.05, 3.63) is 89.9 Å². The predicted octanol–water partition coefficient (Wildman–Crippen LogP) is 4.92. The number of nitrogens with zero attached hydrogens (tertiary/aromatic N) is 1. The van der Waals surface area contributed by atoms with Gasteiger partial charge in [0.2, 0.25) is 0 Å². The number of Topliss-reactive ketones (excluding diaryl/α,β-unsaturated/α-hetero) is 1. The molecular weight excluding hydrogens is 350 g/mol. The second-order valence-electron chi connectivity index (χ2n) is 6.60. The molecule has 1 atom stereocenters. The summed E-state index contributed by atoms with van der Waals surface area (Å²) in [6, 6.07) is 18.6. The highest BCUT2D eigenvalue weighted by Crippen LogP contribution is 2.29. The number of H-pyrrole nitrogens is 1. The number of methoxy groups -OCH3 is 1. The van der Waals surface area contributed by atoms with Gasteiger partial charge in [-0.05, 0) is 31.2 Å². The van der Waals surface area contributed by atoms with E-state index in [2.05, 4.69) is 15.3 Å². The van der Waals surface area contributed by atoms with Gasteiger partial charge in [0.15, 0.2) is 5.78 Å². The lowest BCUT2D eigenvalue weighted by molar-refractivity contribution is 0.0970. The number of nitrogens with one attached hydrogen (secondary N) is 2. The zero-order chi connectivity index (χ0) is 19.5. The van der Waals surface area contributed by atoms with Crippen LogP contribution in [0.3, 0.4) is 0 Å². The molecule has 5 nitrogen and oxygen atoms in total. The summed E-state index contributed by atoms with van der Waals surface area (Å²) in [5.74, 6) is 0.711. The van der Waals surface area contributed by atoms with Gasteiger partial charge < -0.3 is 15.0 Å². The fourth-order valence-corrected chi connectivity index (χ4v) is 3.40. The summed E-state index contributed by atoms with van der Waals surface area (Å²) in [7, 11) is 1.62. The summed E-state index contributed by atoms with van der Waals surface area (Å²) in [4.78, 5) is 21.2. The van der Waals surface area contributed by atoms with Gasteiger partial charge in [0.1, 0.15) is 11.8 Å². The van der Waals surface area contributed by atoms with E-state index in [1.54, 1.807) is 19.5 Å². The van der Waals surface area contributed by atoms with E-state index in [1.807, 2.05) is 67.6 Å². The highest BCUT2D eigenvalue weighted by atomic mass is 16.5. The second kappa shape index (κ2) is 7.56. The van der Waals surface area contributed by atoms with E-state index in [0.29, 0.717) is 5.56 Å². The van der Waals surface area contributed by atoms with Crippen molar-refractivity contribution in [3.63, 3.8) is 0 Å². The molecule has 4 aromatic rings. The lowest BCUT2D eigenvalue weighted by atomic mass is 9.95. The van der Waals surface area contributed by atoms with Crippen LogP contribution in [0.5, 0.6) is 5.75 Å². The standard InChI is InChI=1S/C23H21N3O2/c1-15-18(10-6-12-24-15)22(26-16-7-5-8-17(13-16)28-2)23(27)20-14-25-21-11-4-3-9-19(20)21/h3-14,22,25-26H,1-2H3. The number of hydrogen-bond donors (Lipinski definition) is 2. The molecule has 2 N–H and O–H groups in total. The molecule has 2 aromatic carbocycles. The first-order chi connectivity index (χ1) is 13.7. The van der Waals surface area contributed by atoms with E-state index >= 15 is 0 Å². The fraction of sp³-hybridized carbons (Fsp3) is 0.130. The van der Waals surface area contributed by atoms with Gasteiger partial charge in [-0.3, -0.25) is 9.78 Å². The van der Waals surface area contributed by atoms with Crippen LogP contribution in [-0.2, 0) is 0 Å². The van der Waals surface area contributed by atoms with E-state index < -0.39 is 6.04 Å². The normalized spacial score (nSPS) is 11.9. The molecule has 140 valence electrons. The Bertz CT molecular complexity index is 1130. The number of rotatable bonds is 6. The molecule has 0 fully saturated rings. The van der Waals surface area contributed by atoms with Crippen molar-refractivity contribution >= 4 is 22.4 Å². The molecule has 2 aromatic heterocycles. The first kappa shape index (κ1) is 17.8. The van der Waals surface area contributed by atoms with Crippen LogP contribution < -0.4 is 10.1 Å². The molecule has 5 heteroatoms. The Balaban J connectivity index is 1.78. The van der Waals surface area contributed by atoms with Gasteiger partial charge in [0, 0.05) is 51.9 Å². The Hall–Kier alpha value is -3.60. The van der Waals surface area contributed by atoms with Gasteiger partial charge in [-0.2, -0.15) is 0 Å². The summed E-state index contributed by atoms with van der Waals surface area (Å²) < 4.78 is 5.31. The number of pyridine rings is 1. The van der Waals surface area contributed by atoms with Crippen molar-refractivity contribution in [3.8, 4) is 5.75 Å². The number of anilines is 1. The topological polar surface area (TPSA) is 67.0 Å². The quantitative estimate of drug-likeness (QED) is 0.472. The summed E-state index contributed by atoms with van der Waals surface area (Å²) in [6.07, 6.45) is 3.51. The van der Waals surface area contributed by atoms with Crippen LogP contribution in [0, 0.1) is 6.92 Å². The van der Waals surface area contributed by atoms with Crippen LogP contribution in [0.4, 0.5) is 5.69 Å². The summed E-state index contributed by atoms with van der Waals surface area (Å²) in [5, 5.41) is 4.29. The van der Waals surface area contributed by atoms with E-state index in [1.165, 1.54) is 0 Å². The zero-order valence-corrected chi connectivity index (χ0v) is 15.8. The highest BCUT2D eigenvalue weighted by molar-refractivity contribution is 6.11. The first-order valence-corrected chi connectivity index (χ1v) is 9.10. The predicted molar refractivity (Wildman–Crippen MR) is 111 cm³/mol. The average Bonchev–Trinajstić information content (AvgIpc) is 3.16. The number of para-hydroxylation sites is 1. The van der Waals surface area contributed by atoms with Crippen LogP contribution >= 0.6 is 0 Å². The van der Waals surface area contributed by atoms with Gasteiger partial charge in [0.05, 0.1) is 7.11 Å². The molecule has 0 aliphatic rings. The maximum atomic E-state index is 13.6. The molecule has 0 amide bonds. The van der Waals surface area contributed by atoms with E-state index in [0.717, 1.165) is 33.6 Å². The molecule has 0 aliphatic heterocycles. The second-order valence-corrected chi connectivity index (χ2v) is 6.60. The number of ether oxygens (including phenoxy) is 1. The van der Waals surface area contributed by atoms with Crippen LogP contribution in [0.25, 0.3) is 10.9 Å². The van der Waals surface area contributed by atoms with E-state index in [4.69, 9.17) is 4.74 Å². The minimum Gasteiger partial charge on any atom is -0.497 e. The number of ketones is 1. The summed E-state index contributed by atoms with van der Waals surface area (Å²) in [5.41, 5.74) is 4.06. The molecule has 0 saturated heterocycles. The van der Waals surface area contributed by atoms with Crippen LogP contribution in [0.1, 0.15) is 27.7 Å². The smallest absolute Gasteiger partial charge is 0.191 e. The Labute approximate surface area is 163 Å². The van der Waals surface area contributed by atoms with E-state index in [-0.39, 0.29) is 5.78 Å². The van der Waals surface area contributed by atoms with Gasteiger partial charge in [-0.15, -0.1) is 0 Å². The van der Waals surface area contributed by atoms with Crippen molar-refractivity contribution in [2.45, 2.75) is 13.0 Å². The highest BCUT2D eigenvalue weighted by Gasteiger charge is 2.26. The molecule has 28 heavy (non-hydrogen) atoms. The Kier molecular flexibility index (Phi) is 4.81. The number of fused-ring (bicyclic) bond motifs is 1. The molecule has 4 rings (SSSR count). The van der Waals surface area contributed by atoms with Gasteiger partial charge in [-0.1, -0.05) is 30.3 Å². The third kappa shape index (κ3) is 3.34. The number of aromatic nitrogens is 2. The van der Waals surface area contributed by atoms with Crippen LogP contribution in [0.15, 0.2) is 73.1 Å². The molecular formula is C23H21N3O2. The maximum absolute atomic E-state index is 13.6. The maximum Gasteiger partial charge on any atom is 0.191 e. The van der Waals surface area contributed by atoms with Crippen molar-refractivity contribution in [1.82, 2.24) is 9.97 Å². The third-order valence-electron chi connectivity index (χ3n) is 4.86. The summed E-state index contributed by atoms with van der Waals surface area (Å²) in [6.45, 7) is 1.91. The number of aromatic amines is 1. The summed E-state index contributed by atoms with van der Waals surface area (Å²) >= 11 is 0. The number of aryl methyl sites for hydroxylation is 1. The van der Waals surface area contributed by atoms with E-state index in [9.17, 15) is 4.79 Å². The molecule has 2 heterocycles. The van der Waals surface area contributed by atoms with Gasteiger partial charge in [0.25, 0.3) is 0 Å². The Morgan fingerprint density at radius 3 is 2.79 bits per heavy atom. The Morgan fingerprint density at radius 1 is 1.11 bits per heavy atom. The largest absolute Gasteiger partial charge is 0.497 e. The number of carbonyl (C=O) groups is 1.